The van der Waals surface area contributed by atoms with Crippen molar-refractivity contribution >= 4 is 11.0 Å². The van der Waals surface area contributed by atoms with E-state index in [1.807, 2.05) is 18.2 Å². The number of hydrogen-bond donors (Lipinski definition) is 0. The fourth-order valence-electron chi connectivity index (χ4n) is 2.62. The summed E-state index contributed by atoms with van der Waals surface area (Å²) in [6.07, 6.45) is 3.40. The lowest BCUT2D eigenvalue weighted by Crippen LogP contribution is -2.25. The van der Waals surface area contributed by atoms with Crippen LogP contribution in [0.2, 0.25) is 0 Å². The zero-order valence-electron chi connectivity index (χ0n) is 12.4. The highest BCUT2D eigenvalue weighted by Gasteiger charge is 2.18. The Morgan fingerprint density at radius 1 is 1.05 bits per heavy atom. The SMILES string of the molecule is CCC(CC)C(CC)Oc1ccc2ccc(=O)oc2c1. The second-order valence-electron chi connectivity index (χ2n) is 5.10. The van der Waals surface area contributed by atoms with Gasteiger partial charge < -0.3 is 9.15 Å². The highest BCUT2D eigenvalue weighted by atomic mass is 16.5. The monoisotopic (exact) mass is 274 g/mol. The van der Waals surface area contributed by atoms with Gasteiger partial charge in [0.1, 0.15) is 17.4 Å². The first kappa shape index (κ1) is 14.6. The van der Waals surface area contributed by atoms with Crippen molar-refractivity contribution in [1.82, 2.24) is 0 Å². The average molecular weight is 274 g/mol. The largest absolute Gasteiger partial charge is 0.490 e. The van der Waals surface area contributed by atoms with Gasteiger partial charge in [-0.3, -0.25) is 0 Å². The van der Waals surface area contributed by atoms with E-state index in [0.717, 1.165) is 30.4 Å². The maximum atomic E-state index is 11.3. The Labute approximate surface area is 119 Å². The van der Waals surface area contributed by atoms with Crippen LogP contribution in [0.25, 0.3) is 11.0 Å². The normalized spacial score (nSPS) is 12.8. The van der Waals surface area contributed by atoms with Crippen molar-refractivity contribution in [3.63, 3.8) is 0 Å². The molecular formula is C17H22O3. The van der Waals surface area contributed by atoms with E-state index in [1.165, 1.54) is 6.07 Å². The minimum absolute atomic E-state index is 0.206. The third-order valence-corrected chi connectivity index (χ3v) is 3.86. The minimum Gasteiger partial charge on any atom is -0.490 e. The van der Waals surface area contributed by atoms with Crippen LogP contribution in [0.3, 0.4) is 0 Å². The quantitative estimate of drug-likeness (QED) is 0.733. The van der Waals surface area contributed by atoms with E-state index in [4.69, 9.17) is 9.15 Å². The van der Waals surface area contributed by atoms with Crippen molar-refractivity contribution < 1.29 is 9.15 Å². The van der Waals surface area contributed by atoms with E-state index in [0.29, 0.717) is 11.5 Å². The molecule has 0 bridgehead atoms. The molecule has 108 valence electrons. The second-order valence-corrected chi connectivity index (χ2v) is 5.10. The lowest BCUT2D eigenvalue weighted by Gasteiger charge is -2.25. The third kappa shape index (κ3) is 3.21. The Morgan fingerprint density at radius 3 is 2.40 bits per heavy atom. The van der Waals surface area contributed by atoms with Crippen molar-refractivity contribution in [2.75, 3.05) is 0 Å². The zero-order valence-corrected chi connectivity index (χ0v) is 12.4. The highest BCUT2D eigenvalue weighted by Crippen LogP contribution is 2.25. The molecule has 1 aromatic carbocycles. The summed E-state index contributed by atoms with van der Waals surface area (Å²) in [6.45, 7) is 6.53. The van der Waals surface area contributed by atoms with Crippen molar-refractivity contribution in [2.45, 2.75) is 46.1 Å². The molecule has 0 fully saturated rings. The van der Waals surface area contributed by atoms with Gasteiger partial charge in [-0.05, 0) is 43.4 Å². The molecule has 1 heterocycles. The van der Waals surface area contributed by atoms with Gasteiger partial charge >= 0.3 is 5.63 Å². The van der Waals surface area contributed by atoms with Gasteiger partial charge in [-0.2, -0.15) is 0 Å². The minimum atomic E-state index is -0.332. The van der Waals surface area contributed by atoms with Crippen LogP contribution < -0.4 is 10.4 Å². The molecule has 2 rings (SSSR count). The van der Waals surface area contributed by atoms with Gasteiger partial charge in [0.15, 0.2) is 0 Å². The summed E-state index contributed by atoms with van der Waals surface area (Å²) < 4.78 is 11.3. The van der Waals surface area contributed by atoms with Crippen LogP contribution in [0.15, 0.2) is 39.5 Å². The lowest BCUT2D eigenvalue weighted by atomic mass is 9.94. The summed E-state index contributed by atoms with van der Waals surface area (Å²) in [5.41, 5.74) is 0.246. The van der Waals surface area contributed by atoms with Crippen LogP contribution in [-0.2, 0) is 0 Å². The predicted octanol–water partition coefficient (Wildman–Crippen LogP) is 4.39. The molecule has 0 aliphatic rings. The molecule has 0 saturated heterocycles. The first-order valence-corrected chi connectivity index (χ1v) is 7.38. The molecule has 1 atom stereocenters. The fourth-order valence-corrected chi connectivity index (χ4v) is 2.62. The summed E-state index contributed by atoms with van der Waals surface area (Å²) in [7, 11) is 0. The number of ether oxygens (including phenoxy) is 1. The van der Waals surface area contributed by atoms with Gasteiger partial charge in [-0.25, -0.2) is 4.79 Å². The van der Waals surface area contributed by atoms with Crippen LogP contribution in [0.5, 0.6) is 5.75 Å². The molecule has 3 heteroatoms. The van der Waals surface area contributed by atoms with Gasteiger partial charge in [-0.15, -0.1) is 0 Å². The van der Waals surface area contributed by atoms with Gasteiger partial charge in [0, 0.05) is 17.5 Å². The Kier molecular flexibility index (Phi) is 4.83. The topological polar surface area (TPSA) is 39.4 Å². The number of hydrogen-bond acceptors (Lipinski definition) is 3. The molecule has 20 heavy (non-hydrogen) atoms. The van der Waals surface area contributed by atoms with Crippen molar-refractivity contribution in [2.24, 2.45) is 5.92 Å². The van der Waals surface area contributed by atoms with E-state index in [1.54, 1.807) is 6.07 Å². The molecule has 3 nitrogen and oxygen atoms in total. The molecule has 0 aliphatic heterocycles. The molecule has 0 spiro atoms. The molecule has 0 amide bonds. The molecule has 0 aliphatic carbocycles. The highest BCUT2D eigenvalue weighted by molar-refractivity contribution is 5.77. The number of rotatable bonds is 6. The maximum Gasteiger partial charge on any atom is 0.336 e. The van der Waals surface area contributed by atoms with Crippen molar-refractivity contribution in [3.8, 4) is 5.75 Å². The number of fused-ring (bicyclic) bond motifs is 1. The maximum absolute atomic E-state index is 11.3. The molecule has 1 aromatic heterocycles. The molecule has 1 unspecified atom stereocenters. The first-order chi connectivity index (χ1) is 9.67. The van der Waals surface area contributed by atoms with Gasteiger partial charge in [0.2, 0.25) is 0 Å². The van der Waals surface area contributed by atoms with Crippen molar-refractivity contribution in [1.29, 1.82) is 0 Å². The van der Waals surface area contributed by atoms with Crippen LogP contribution >= 0.6 is 0 Å². The Balaban J connectivity index is 2.26. The molecule has 0 N–H and O–H groups in total. The van der Waals surface area contributed by atoms with E-state index in [9.17, 15) is 4.79 Å². The Morgan fingerprint density at radius 2 is 1.75 bits per heavy atom. The van der Waals surface area contributed by atoms with E-state index in [-0.39, 0.29) is 11.7 Å². The molecular weight excluding hydrogens is 252 g/mol. The number of benzene rings is 1. The summed E-state index contributed by atoms with van der Waals surface area (Å²) >= 11 is 0. The molecule has 2 aromatic rings. The summed E-state index contributed by atoms with van der Waals surface area (Å²) in [6, 6.07) is 8.87. The summed E-state index contributed by atoms with van der Waals surface area (Å²) in [4.78, 5) is 11.3. The smallest absolute Gasteiger partial charge is 0.336 e. The Hall–Kier alpha value is -1.77. The van der Waals surface area contributed by atoms with Gasteiger partial charge in [0.05, 0.1) is 0 Å². The lowest BCUT2D eigenvalue weighted by molar-refractivity contribution is 0.123. The van der Waals surface area contributed by atoms with E-state index < -0.39 is 0 Å². The third-order valence-electron chi connectivity index (χ3n) is 3.86. The summed E-state index contributed by atoms with van der Waals surface area (Å²) in [5, 5.41) is 0.910. The molecule has 0 saturated carbocycles. The van der Waals surface area contributed by atoms with Crippen LogP contribution in [0, 0.1) is 5.92 Å². The second kappa shape index (κ2) is 6.60. The first-order valence-electron chi connectivity index (χ1n) is 7.38. The van der Waals surface area contributed by atoms with E-state index >= 15 is 0 Å². The van der Waals surface area contributed by atoms with Crippen LogP contribution in [0.4, 0.5) is 0 Å². The van der Waals surface area contributed by atoms with Gasteiger partial charge in [-0.1, -0.05) is 20.8 Å². The van der Waals surface area contributed by atoms with Crippen LogP contribution in [-0.4, -0.2) is 6.10 Å². The fraction of sp³-hybridized carbons (Fsp3) is 0.471. The molecule has 0 radical (unpaired) electrons. The van der Waals surface area contributed by atoms with Gasteiger partial charge in [0.25, 0.3) is 0 Å². The van der Waals surface area contributed by atoms with Crippen LogP contribution in [0.1, 0.15) is 40.0 Å². The standard InChI is InChI=1S/C17H22O3/c1-4-12(5-2)15(6-3)19-14-9-7-13-8-10-17(18)20-16(13)11-14/h7-12,15H,4-6H2,1-3H3. The van der Waals surface area contributed by atoms with E-state index in [2.05, 4.69) is 20.8 Å². The Bertz CT molecular complexity index is 611. The zero-order chi connectivity index (χ0) is 14.5. The van der Waals surface area contributed by atoms with Crippen molar-refractivity contribution in [3.05, 3.63) is 40.8 Å². The average Bonchev–Trinajstić information content (AvgIpc) is 2.46. The predicted molar refractivity (Wildman–Crippen MR) is 81.3 cm³/mol. The summed E-state index contributed by atoms with van der Waals surface area (Å²) in [5.74, 6) is 1.32.